The molecule has 0 aromatic heterocycles. The van der Waals surface area contributed by atoms with Crippen LogP contribution in [0.5, 0.6) is 0 Å². The molecule has 34 heavy (non-hydrogen) atoms. The van der Waals surface area contributed by atoms with E-state index in [0.717, 1.165) is 0 Å². The first kappa shape index (κ1) is 24.4. The summed E-state index contributed by atoms with van der Waals surface area (Å²) in [7, 11) is 0. The van der Waals surface area contributed by atoms with Crippen LogP contribution in [0.1, 0.15) is 46.8 Å². The zero-order chi connectivity index (χ0) is 24.6. The summed E-state index contributed by atoms with van der Waals surface area (Å²) in [6.45, 7) is 3.86. The fourth-order valence-electron chi connectivity index (χ4n) is 3.96. The number of rotatable bonds is 6. The molecule has 2 aromatic rings. The number of halogens is 4. The van der Waals surface area contributed by atoms with Crippen molar-refractivity contribution >= 4 is 40.7 Å². The summed E-state index contributed by atoms with van der Waals surface area (Å²) in [4.78, 5) is 35.2. The van der Waals surface area contributed by atoms with E-state index in [-0.39, 0.29) is 34.4 Å². The largest absolute Gasteiger partial charge is 0.378 e. The van der Waals surface area contributed by atoms with E-state index in [0.29, 0.717) is 28.9 Å². The molecule has 0 bridgehead atoms. The van der Waals surface area contributed by atoms with Crippen molar-refractivity contribution in [1.29, 1.82) is 0 Å². The highest BCUT2D eigenvalue weighted by Crippen LogP contribution is 2.43. The lowest BCUT2D eigenvalue weighted by molar-refractivity contribution is -0.173. The molecule has 2 aromatic carbocycles. The minimum atomic E-state index is -2.90. The highest BCUT2D eigenvalue weighted by atomic mass is 35.5. The highest BCUT2D eigenvalue weighted by Gasteiger charge is 2.50. The van der Waals surface area contributed by atoms with Crippen LogP contribution in [0.2, 0.25) is 10.0 Å². The molecule has 2 amide bonds. The first-order chi connectivity index (χ1) is 16.1. The van der Waals surface area contributed by atoms with Gasteiger partial charge >= 0.3 is 0 Å². The smallest absolute Gasteiger partial charge is 0.284 e. The molecule has 1 N–H and O–H groups in total. The number of carbonyl (C=O) groups is 2. The maximum absolute atomic E-state index is 14.2. The lowest BCUT2D eigenvalue weighted by Gasteiger charge is -2.26. The number of amides is 2. The van der Waals surface area contributed by atoms with E-state index in [4.69, 9.17) is 32.9 Å². The average Bonchev–Trinajstić information content (AvgIpc) is 3.37. The minimum Gasteiger partial charge on any atom is -0.378 e. The van der Waals surface area contributed by atoms with Gasteiger partial charge in [0.2, 0.25) is 5.60 Å². The van der Waals surface area contributed by atoms with Crippen LogP contribution >= 0.6 is 23.2 Å². The van der Waals surface area contributed by atoms with Crippen LogP contribution in [0.4, 0.5) is 8.78 Å². The minimum absolute atomic E-state index is 0.0497. The van der Waals surface area contributed by atoms with Gasteiger partial charge in [0.15, 0.2) is 6.23 Å². The molecule has 0 aliphatic carbocycles. The molecule has 2 atom stereocenters. The number of carbonyl (C=O) groups excluding carboxylic acids is 2. The summed E-state index contributed by atoms with van der Waals surface area (Å²) in [5.41, 5.74) is -0.112. The van der Waals surface area contributed by atoms with E-state index >= 15 is 0 Å². The first-order valence-corrected chi connectivity index (χ1v) is 11.3. The summed E-state index contributed by atoms with van der Waals surface area (Å²) >= 11 is 12.0. The lowest BCUT2D eigenvalue weighted by Crippen LogP contribution is -2.36. The van der Waals surface area contributed by atoms with Crippen LogP contribution < -0.4 is 5.32 Å². The Kier molecular flexibility index (Phi) is 6.80. The predicted molar refractivity (Wildman–Crippen MR) is 122 cm³/mol. The number of nitrogens with one attached hydrogen (secondary N) is 1. The Labute approximate surface area is 204 Å². The standard InChI is InChI=1S/C23H21Cl2F2N3O4/c1-3-30-20(31)10-19(33-30)28-21(32)17-5-4-13(6-12(17)2)18-11-23(22(26)27,34-29-18)14-7-15(24)9-16(25)8-14/h4-9,19,22H,3,10-11H2,1-2H3,(H,28,32)/t19-,23?/m1/s1. The van der Waals surface area contributed by atoms with Gasteiger partial charge in [0.1, 0.15) is 0 Å². The molecule has 11 heteroatoms. The van der Waals surface area contributed by atoms with Gasteiger partial charge in [-0.3, -0.25) is 9.59 Å². The van der Waals surface area contributed by atoms with Crippen LogP contribution in [0.25, 0.3) is 0 Å². The Morgan fingerprint density at radius 3 is 2.56 bits per heavy atom. The second-order valence-corrected chi connectivity index (χ2v) is 8.92. The van der Waals surface area contributed by atoms with Gasteiger partial charge in [0.25, 0.3) is 18.2 Å². The van der Waals surface area contributed by atoms with Crippen molar-refractivity contribution in [3.63, 3.8) is 0 Å². The van der Waals surface area contributed by atoms with Crippen LogP contribution in [0, 0.1) is 6.92 Å². The Morgan fingerprint density at radius 2 is 1.97 bits per heavy atom. The van der Waals surface area contributed by atoms with Gasteiger partial charge in [-0.05, 0) is 55.3 Å². The SMILES string of the molecule is CCN1O[C@@H](NC(=O)c2ccc(C3=NOC(c4cc(Cl)cc(Cl)c4)(C(F)F)C3)cc2C)CC1=O. The molecule has 0 radical (unpaired) electrons. The molecule has 1 fully saturated rings. The molecule has 1 saturated heterocycles. The molecular weight excluding hydrogens is 491 g/mol. The van der Waals surface area contributed by atoms with Crippen LogP contribution in [0.15, 0.2) is 41.6 Å². The van der Waals surface area contributed by atoms with Gasteiger partial charge in [-0.25, -0.2) is 18.7 Å². The third-order valence-corrected chi connectivity index (χ3v) is 6.17. The number of nitrogens with zero attached hydrogens (tertiary/aromatic N) is 2. The third kappa shape index (κ3) is 4.60. The summed E-state index contributed by atoms with van der Waals surface area (Å²) in [5.74, 6) is -0.623. The molecule has 1 unspecified atom stereocenters. The topological polar surface area (TPSA) is 80.2 Å². The molecule has 2 heterocycles. The molecule has 180 valence electrons. The molecule has 2 aliphatic heterocycles. The van der Waals surface area contributed by atoms with E-state index in [1.54, 1.807) is 32.0 Å². The van der Waals surface area contributed by atoms with Crippen LogP contribution in [-0.4, -0.2) is 41.8 Å². The Balaban J connectivity index is 1.52. The molecule has 0 saturated carbocycles. The van der Waals surface area contributed by atoms with E-state index in [1.165, 1.54) is 23.3 Å². The fourth-order valence-corrected chi connectivity index (χ4v) is 4.49. The second kappa shape index (κ2) is 9.48. The predicted octanol–water partition coefficient (Wildman–Crippen LogP) is 4.83. The van der Waals surface area contributed by atoms with Crippen LogP contribution in [-0.2, 0) is 20.1 Å². The van der Waals surface area contributed by atoms with Gasteiger partial charge in [-0.15, -0.1) is 0 Å². The number of hydrogen-bond donors (Lipinski definition) is 1. The van der Waals surface area contributed by atoms with Gasteiger partial charge in [0.05, 0.1) is 12.1 Å². The number of alkyl halides is 2. The number of oxime groups is 1. The number of hydroxylamine groups is 2. The number of aryl methyl sites for hydroxylation is 1. The van der Waals surface area contributed by atoms with Crippen molar-refractivity contribution < 1.29 is 28.0 Å². The molecular formula is C23H21Cl2F2N3O4. The monoisotopic (exact) mass is 511 g/mol. The van der Waals surface area contributed by atoms with Crippen molar-refractivity contribution in [2.45, 2.75) is 44.9 Å². The van der Waals surface area contributed by atoms with E-state index < -0.39 is 24.2 Å². The summed E-state index contributed by atoms with van der Waals surface area (Å²) in [5, 5.41) is 8.22. The maximum Gasteiger partial charge on any atom is 0.284 e. The molecule has 2 aliphatic rings. The fraction of sp³-hybridized carbons (Fsp3) is 0.348. The van der Waals surface area contributed by atoms with Crippen molar-refractivity contribution in [2.75, 3.05) is 6.54 Å². The summed E-state index contributed by atoms with van der Waals surface area (Å²) in [6.07, 6.45) is -3.81. The van der Waals surface area contributed by atoms with Crippen LogP contribution in [0.3, 0.4) is 0 Å². The zero-order valence-electron chi connectivity index (χ0n) is 18.3. The normalized spacial score (nSPS) is 22.2. The summed E-state index contributed by atoms with van der Waals surface area (Å²) in [6, 6.07) is 9.05. The van der Waals surface area contributed by atoms with Gasteiger partial charge in [0, 0.05) is 34.1 Å². The van der Waals surface area contributed by atoms with E-state index in [2.05, 4.69) is 10.5 Å². The molecule has 4 rings (SSSR count). The van der Waals surface area contributed by atoms with E-state index in [9.17, 15) is 18.4 Å². The van der Waals surface area contributed by atoms with Crippen molar-refractivity contribution in [3.05, 3.63) is 68.7 Å². The van der Waals surface area contributed by atoms with Gasteiger partial charge in [-0.2, -0.15) is 0 Å². The quantitative estimate of drug-likeness (QED) is 0.602. The molecule has 7 nitrogen and oxygen atoms in total. The van der Waals surface area contributed by atoms with Gasteiger partial charge in [-0.1, -0.05) is 34.4 Å². The second-order valence-electron chi connectivity index (χ2n) is 8.04. The number of hydrogen-bond acceptors (Lipinski definition) is 5. The summed E-state index contributed by atoms with van der Waals surface area (Å²) < 4.78 is 28.4. The van der Waals surface area contributed by atoms with Crippen molar-refractivity contribution in [2.24, 2.45) is 5.16 Å². The van der Waals surface area contributed by atoms with Crippen molar-refractivity contribution in [3.8, 4) is 0 Å². The first-order valence-electron chi connectivity index (χ1n) is 10.5. The zero-order valence-corrected chi connectivity index (χ0v) is 19.8. The van der Waals surface area contributed by atoms with Gasteiger partial charge < -0.3 is 10.2 Å². The maximum atomic E-state index is 14.2. The van der Waals surface area contributed by atoms with E-state index in [1.807, 2.05) is 0 Å². The Hall–Kier alpha value is -2.75. The lowest BCUT2D eigenvalue weighted by atomic mass is 9.87. The third-order valence-electron chi connectivity index (χ3n) is 5.73. The molecule has 0 spiro atoms. The Bertz CT molecular complexity index is 1160. The van der Waals surface area contributed by atoms with Crippen molar-refractivity contribution in [1.82, 2.24) is 10.4 Å². The highest BCUT2D eigenvalue weighted by molar-refractivity contribution is 6.34. The average molecular weight is 512 g/mol. The number of benzene rings is 2. The Morgan fingerprint density at radius 1 is 1.26 bits per heavy atom.